The first-order chi connectivity index (χ1) is 13.0. The van der Waals surface area contributed by atoms with Gasteiger partial charge >= 0.3 is 6.18 Å². The quantitative estimate of drug-likeness (QED) is 0.355. The predicted molar refractivity (Wildman–Crippen MR) is 105 cm³/mol. The number of rotatable bonds is 11. The first kappa shape index (κ1) is 22.1. The van der Waals surface area contributed by atoms with E-state index in [0.29, 0.717) is 5.75 Å². The standard InChI is InChI=1S/C23H35F3O/c1-2-3-4-6-19-7-9-20(10-8-19)11-12-21-13-15-22(16-14-21)27-18-5-17-23(24,25)26/h13-16,19-20H,2-12,17-18H2,1H3. The van der Waals surface area contributed by atoms with E-state index in [4.69, 9.17) is 4.74 Å². The fourth-order valence-corrected chi connectivity index (χ4v) is 4.08. The first-order valence-electron chi connectivity index (χ1n) is 10.7. The second kappa shape index (κ2) is 11.6. The highest BCUT2D eigenvalue weighted by Gasteiger charge is 2.26. The summed E-state index contributed by atoms with van der Waals surface area (Å²) in [6.07, 6.45) is 8.51. The van der Waals surface area contributed by atoms with Crippen molar-refractivity contribution in [3.05, 3.63) is 29.8 Å². The van der Waals surface area contributed by atoms with E-state index in [0.717, 1.165) is 18.3 Å². The van der Waals surface area contributed by atoms with Crippen LogP contribution in [0.15, 0.2) is 24.3 Å². The number of ether oxygens (including phenoxy) is 1. The van der Waals surface area contributed by atoms with Crippen molar-refractivity contribution in [1.82, 2.24) is 0 Å². The molecule has 1 fully saturated rings. The molecule has 1 aliphatic carbocycles. The molecule has 0 saturated heterocycles. The van der Waals surface area contributed by atoms with Gasteiger partial charge in [-0.3, -0.25) is 0 Å². The molecule has 0 unspecified atom stereocenters. The highest BCUT2D eigenvalue weighted by atomic mass is 19.4. The third-order valence-corrected chi connectivity index (χ3v) is 5.82. The lowest BCUT2D eigenvalue weighted by molar-refractivity contribution is -0.136. The van der Waals surface area contributed by atoms with Crippen molar-refractivity contribution in [2.75, 3.05) is 6.61 Å². The summed E-state index contributed by atoms with van der Waals surface area (Å²) in [5.74, 6) is 2.47. The molecule has 0 N–H and O–H groups in total. The van der Waals surface area contributed by atoms with Gasteiger partial charge in [-0.25, -0.2) is 0 Å². The first-order valence-corrected chi connectivity index (χ1v) is 10.7. The molecule has 0 aromatic heterocycles. The van der Waals surface area contributed by atoms with E-state index in [1.807, 2.05) is 12.1 Å². The molecule has 1 aromatic carbocycles. The fraction of sp³-hybridized carbons (Fsp3) is 0.739. The van der Waals surface area contributed by atoms with Gasteiger partial charge in [-0.15, -0.1) is 0 Å². The van der Waals surface area contributed by atoms with E-state index in [-0.39, 0.29) is 13.0 Å². The largest absolute Gasteiger partial charge is 0.494 e. The summed E-state index contributed by atoms with van der Waals surface area (Å²) in [5, 5.41) is 0. The third-order valence-electron chi connectivity index (χ3n) is 5.82. The lowest BCUT2D eigenvalue weighted by Gasteiger charge is -2.28. The van der Waals surface area contributed by atoms with Gasteiger partial charge in [0.15, 0.2) is 0 Å². The molecule has 4 heteroatoms. The van der Waals surface area contributed by atoms with Gasteiger partial charge < -0.3 is 4.74 Å². The molecular weight excluding hydrogens is 349 g/mol. The van der Waals surface area contributed by atoms with Crippen molar-refractivity contribution in [2.24, 2.45) is 11.8 Å². The van der Waals surface area contributed by atoms with Crippen LogP contribution in [-0.2, 0) is 6.42 Å². The summed E-state index contributed by atoms with van der Waals surface area (Å²) in [7, 11) is 0. The van der Waals surface area contributed by atoms with Gasteiger partial charge in [0.1, 0.15) is 5.75 Å². The van der Waals surface area contributed by atoms with Gasteiger partial charge in [-0.05, 0) is 48.8 Å². The number of hydrogen-bond acceptors (Lipinski definition) is 1. The van der Waals surface area contributed by atoms with Crippen LogP contribution in [0.3, 0.4) is 0 Å². The fourth-order valence-electron chi connectivity index (χ4n) is 4.08. The minimum atomic E-state index is -4.10. The van der Waals surface area contributed by atoms with E-state index >= 15 is 0 Å². The molecule has 0 aliphatic heterocycles. The number of aryl methyl sites for hydroxylation is 1. The zero-order valence-electron chi connectivity index (χ0n) is 16.7. The van der Waals surface area contributed by atoms with E-state index < -0.39 is 12.6 Å². The van der Waals surface area contributed by atoms with E-state index in [1.54, 1.807) is 0 Å². The molecule has 0 spiro atoms. The summed E-state index contributed by atoms with van der Waals surface area (Å²) < 4.78 is 41.7. The number of alkyl halides is 3. The molecule has 0 bridgehead atoms. The second-order valence-electron chi connectivity index (χ2n) is 8.13. The Bertz CT molecular complexity index is 501. The van der Waals surface area contributed by atoms with Crippen LogP contribution in [0, 0.1) is 11.8 Å². The van der Waals surface area contributed by atoms with Crippen LogP contribution in [0.1, 0.15) is 83.1 Å². The molecule has 154 valence electrons. The molecule has 0 heterocycles. The zero-order chi connectivity index (χ0) is 19.5. The Balaban J connectivity index is 1.60. The minimum absolute atomic E-state index is 0.00632. The van der Waals surface area contributed by atoms with Crippen molar-refractivity contribution in [1.29, 1.82) is 0 Å². The van der Waals surface area contributed by atoms with Crippen molar-refractivity contribution in [3.63, 3.8) is 0 Å². The zero-order valence-corrected chi connectivity index (χ0v) is 16.7. The molecule has 1 aliphatic rings. The average molecular weight is 385 g/mol. The molecule has 0 amide bonds. The minimum Gasteiger partial charge on any atom is -0.494 e. The highest BCUT2D eigenvalue weighted by Crippen LogP contribution is 2.34. The maximum atomic E-state index is 12.1. The molecule has 0 atom stereocenters. The normalized spacial score (nSPS) is 20.6. The summed E-state index contributed by atoms with van der Waals surface area (Å²) in [6.45, 7) is 2.38. The topological polar surface area (TPSA) is 9.23 Å². The van der Waals surface area contributed by atoms with Crippen LogP contribution in [0.5, 0.6) is 5.75 Å². The van der Waals surface area contributed by atoms with Crippen molar-refractivity contribution >= 4 is 0 Å². The lowest BCUT2D eigenvalue weighted by Crippen LogP contribution is -2.15. The van der Waals surface area contributed by atoms with Gasteiger partial charge in [0.2, 0.25) is 0 Å². The Labute approximate surface area is 162 Å². The van der Waals surface area contributed by atoms with E-state index in [2.05, 4.69) is 19.1 Å². The molecule has 1 aromatic rings. The number of unbranched alkanes of at least 4 members (excludes halogenated alkanes) is 2. The molecule has 1 saturated carbocycles. The van der Waals surface area contributed by atoms with Crippen LogP contribution < -0.4 is 4.74 Å². The Kier molecular flexibility index (Phi) is 9.50. The van der Waals surface area contributed by atoms with Crippen LogP contribution in [0.4, 0.5) is 13.2 Å². The molecule has 0 radical (unpaired) electrons. The van der Waals surface area contributed by atoms with Gasteiger partial charge in [-0.2, -0.15) is 13.2 Å². The smallest absolute Gasteiger partial charge is 0.389 e. The van der Waals surface area contributed by atoms with Gasteiger partial charge in [-0.1, -0.05) is 70.4 Å². The third kappa shape index (κ3) is 9.53. The molecule has 1 nitrogen and oxygen atoms in total. The summed E-state index contributed by atoms with van der Waals surface area (Å²) in [5.41, 5.74) is 1.29. The monoisotopic (exact) mass is 384 g/mol. The Hall–Kier alpha value is -1.19. The van der Waals surface area contributed by atoms with Crippen molar-refractivity contribution in [2.45, 2.75) is 90.1 Å². The van der Waals surface area contributed by atoms with Crippen LogP contribution >= 0.6 is 0 Å². The lowest BCUT2D eigenvalue weighted by atomic mass is 9.78. The summed E-state index contributed by atoms with van der Waals surface area (Å²) in [4.78, 5) is 0. The number of benzene rings is 1. The Morgan fingerprint density at radius 3 is 2.11 bits per heavy atom. The maximum Gasteiger partial charge on any atom is 0.389 e. The van der Waals surface area contributed by atoms with Crippen LogP contribution in [-0.4, -0.2) is 12.8 Å². The van der Waals surface area contributed by atoms with Gasteiger partial charge in [0.05, 0.1) is 6.61 Å². The van der Waals surface area contributed by atoms with Crippen molar-refractivity contribution in [3.8, 4) is 5.75 Å². The summed E-state index contributed by atoms with van der Waals surface area (Å²) >= 11 is 0. The average Bonchev–Trinajstić information content (AvgIpc) is 2.65. The van der Waals surface area contributed by atoms with Crippen molar-refractivity contribution < 1.29 is 17.9 Å². The van der Waals surface area contributed by atoms with Crippen LogP contribution in [0.2, 0.25) is 0 Å². The molecule has 27 heavy (non-hydrogen) atoms. The predicted octanol–water partition coefficient (Wildman–Crippen LogP) is 7.73. The van der Waals surface area contributed by atoms with Gasteiger partial charge in [0, 0.05) is 6.42 Å². The SMILES string of the molecule is CCCCCC1CCC(CCc2ccc(OCCCC(F)(F)F)cc2)CC1. The van der Waals surface area contributed by atoms with Crippen LogP contribution in [0.25, 0.3) is 0 Å². The Morgan fingerprint density at radius 1 is 0.889 bits per heavy atom. The van der Waals surface area contributed by atoms with E-state index in [9.17, 15) is 13.2 Å². The number of halogens is 3. The summed E-state index contributed by atoms with van der Waals surface area (Å²) in [6, 6.07) is 7.87. The van der Waals surface area contributed by atoms with Gasteiger partial charge in [0.25, 0.3) is 0 Å². The second-order valence-corrected chi connectivity index (χ2v) is 8.13. The number of hydrogen-bond donors (Lipinski definition) is 0. The maximum absolute atomic E-state index is 12.1. The Morgan fingerprint density at radius 2 is 1.52 bits per heavy atom. The molecular formula is C23H35F3O. The highest BCUT2D eigenvalue weighted by molar-refractivity contribution is 5.27. The van der Waals surface area contributed by atoms with E-state index in [1.165, 1.54) is 63.4 Å². The molecule has 2 rings (SSSR count).